The van der Waals surface area contributed by atoms with Crippen LogP contribution in [0, 0.1) is 6.92 Å². The number of nitrogens with one attached hydrogen (secondary N) is 1. The molecule has 0 aliphatic carbocycles. The largest absolute Gasteiger partial charge is 0.286 e. The van der Waals surface area contributed by atoms with Crippen molar-refractivity contribution in [1.82, 2.24) is 40.4 Å². The van der Waals surface area contributed by atoms with Gasteiger partial charge in [0.05, 0.1) is 23.5 Å². The molecule has 180 valence electrons. The lowest BCUT2D eigenvalue weighted by Crippen LogP contribution is -2.45. The highest BCUT2D eigenvalue weighted by Gasteiger charge is 2.25. The van der Waals surface area contributed by atoms with E-state index in [1.165, 1.54) is 11.2 Å². The van der Waals surface area contributed by atoms with Gasteiger partial charge in [-0.2, -0.15) is 9.90 Å². The second kappa shape index (κ2) is 9.77. The predicted octanol–water partition coefficient (Wildman–Crippen LogP) is 4.48. The van der Waals surface area contributed by atoms with Crippen molar-refractivity contribution in [1.29, 1.82) is 0 Å². The van der Waals surface area contributed by atoms with Crippen LogP contribution in [0.1, 0.15) is 35.3 Å². The lowest BCUT2D eigenvalue weighted by Gasteiger charge is -2.26. The molecule has 0 radical (unpaired) electrons. The van der Waals surface area contributed by atoms with E-state index in [2.05, 4.69) is 20.8 Å². The maximum atomic E-state index is 13.2. The van der Waals surface area contributed by atoms with E-state index < -0.39 is 0 Å². The van der Waals surface area contributed by atoms with Crippen molar-refractivity contribution >= 4 is 29.1 Å². The fourth-order valence-corrected chi connectivity index (χ4v) is 4.75. The summed E-state index contributed by atoms with van der Waals surface area (Å²) in [4.78, 5) is 14.6. The first kappa shape index (κ1) is 23.5. The molecular weight excluding hydrogens is 487 g/mol. The number of amides is 1. The molecule has 1 amide bonds. The van der Waals surface area contributed by atoms with Crippen LogP contribution in [0.4, 0.5) is 0 Å². The molecule has 3 heterocycles. The maximum absolute atomic E-state index is 13.2. The van der Waals surface area contributed by atoms with E-state index in [4.69, 9.17) is 28.3 Å². The molecule has 1 fully saturated rings. The number of aryl methyl sites for hydroxylation is 1. The predicted molar refractivity (Wildman–Crippen MR) is 134 cm³/mol. The Bertz CT molecular complexity index is 1370. The number of carbonyl (C=O) groups excluding carboxylic acids is 1. The van der Waals surface area contributed by atoms with Crippen LogP contribution in [-0.4, -0.2) is 54.0 Å². The molecule has 1 N–H and O–H groups in total. The molecule has 0 atom stereocenters. The van der Waals surface area contributed by atoms with E-state index in [1.54, 1.807) is 29.9 Å². The first-order valence-electron chi connectivity index (χ1n) is 11.4. The minimum atomic E-state index is -0.241. The number of carbonyl (C=O) groups is 1. The Balaban J connectivity index is 1.57. The van der Waals surface area contributed by atoms with Crippen molar-refractivity contribution < 1.29 is 4.79 Å². The van der Waals surface area contributed by atoms with E-state index in [1.807, 2.05) is 36.2 Å². The third-order valence-electron chi connectivity index (χ3n) is 6.02. The third-order valence-corrected chi connectivity index (χ3v) is 6.55. The summed E-state index contributed by atoms with van der Waals surface area (Å²) in [5.74, 6) is 0.293. The van der Waals surface area contributed by atoms with Crippen LogP contribution in [0.2, 0.25) is 10.0 Å². The van der Waals surface area contributed by atoms with Gasteiger partial charge in [0.2, 0.25) is 5.82 Å². The van der Waals surface area contributed by atoms with Gasteiger partial charge in [0.15, 0.2) is 5.69 Å². The molecule has 0 spiro atoms. The molecule has 1 aliphatic heterocycles. The molecule has 1 aliphatic rings. The zero-order valence-corrected chi connectivity index (χ0v) is 20.9. The molecule has 1 saturated heterocycles. The van der Waals surface area contributed by atoms with Crippen LogP contribution < -0.4 is 5.43 Å². The molecule has 9 nitrogen and oxygen atoms in total. The van der Waals surface area contributed by atoms with Crippen LogP contribution in [0.5, 0.6) is 0 Å². The van der Waals surface area contributed by atoms with E-state index in [0.29, 0.717) is 27.3 Å². The Morgan fingerprint density at radius 3 is 2.34 bits per heavy atom. The van der Waals surface area contributed by atoms with Crippen LogP contribution in [0.3, 0.4) is 0 Å². The normalized spacial score (nSPS) is 14.3. The average Bonchev–Trinajstić information content (AvgIpc) is 3.43. The molecule has 5 rings (SSSR count). The first-order chi connectivity index (χ1) is 16.9. The Hall–Kier alpha value is -3.27. The van der Waals surface area contributed by atoms with Crippen LogP contribution in [0.15, 0.2) is 42.5 Å². The number of tetrazole rings is 1. The van der Waals surface area contributed by atoms with E-state index in [-0.39, 0.29) is 5.91 Å². The Kier molecular flexibility index (Phi) is 6.55. The van der Waals surface area contributed by atoms with Gasteiger partial charge in [0.1, 0.15) is 0 Å². The molecular formula is C24H24Cl2N8O. The number of halogens is 2. The molecule has 2 aromatic carbocycles. The lowest BCUT2D eigenvalue weighted by atomic mass is 10.0. The first-order valence-corrected chi connectivity index (χ1v) is 12.1. The zero-order valence-electron chi connectivity index (χ0n) is 19.4. The third kappa shape index (κ3) is 4.80. The van der Waals surface area contributed by atoms with Crippen LogP contribution >= 0.6 is 23.2 Å². The number of hydrazine groups is 1. The van der Waals surface area contributed by atoms with Gasteiger partial charge in [-0.3, -0.25) is 10.2 Å². The summed E-state index contributed by atoms with van der Waals surface area (Å²) in [6.07, 6.45) is 3.30. The van der Waals surface area contributed by atoms with Crippen molar-refractivity contribution in [2.24, 2.45) is 7.05 Å². The smallest absolute Gasteiger partial charge is 0.283 e. The highest BCUT2D eigenvalue weighted by Crippen LogP contribution is 2.33. The average molecular weight is 511 g/mol. The van der Waals surface area contributed by atoms with Crippen molar-refractivity contribution in [3.8, 4) is 28.3 Å². The fraction of sp³-hybridized carbons (Fsp3) is 0.292. The Morgan fingerprint density at radius 2 is 1.69 bits per heavy atom. The molecule has 0 unspecified atom stereocenters. The summed E-state index contributed by atoms with van der Waals surface area (Å²) in [5, 5.41) is 19.9. The summed E-state index contributed by atoms with van der Waals surface area (Å²) in [5.41, 5.74) is 7.19. The number of aromatic nitrogens is 6. The highest BCUT2D eigenvalue weighted by atomic mass is 35.5. The van der Waals surface area contributed by atoms with Gasteiger partial charge in [-0.1, -0.05) is 53.9 Å². The van der Waals surface area contributed by atoms with Gasteiger partial charge >= 0.3 is 0 Å². The summed E-state index contributed by atoms with van der Waals surface area (Å²) >= 11 is 12.7. The number of hydrogen-bond acceptors (Lipinski definition) is 6. The standard InChI is InChI=1S/C24H24Cl2N8O/c1-15-21(24(35)30-33-12-4-3-5-13-33)28-34(20-11-10-18(25)14-19(20)26)22(15)16-6-8-17(9-7-16)23-27-31-32(2)29-23/h6-11,14H,3-5,12-13H2,1-2H3,(H,30,35). The van der Waals surface area contributed by atoms with E-state index in [9.17, 15) is 4.79 Å². The topological polar surface area (TPSA) is 93.8 Å². The van der Waals surface area contributed by atoms with Gasteiger partial charge in [0, 0.05) is 34.8 Å². The van der Waals surface area contributed by atoms with Gasteiger partial charge in [0.25, 0.3) is 5.91 Å². The number of benzene rings is 2. The summed E-state index contributed by atoms with van der Waals surface area (Å²) in [7, 11) is 1.72. The zero-order chi connectivity index (χ0) is 24.5. The molecule has 0 bridgehead atoms. The molecule has 35 heavy (non-hydrogen) atoms. The van der Waals surface area contributed by atoms with Gasteiger partial charge in [-0.15, -0.1) is 10.2 Å². The molecule has 2 aromatic heterocycles. The maximum Gasteiger partial charge on any atom is 0.286 e. The second-order valence-corrected chi connectivity index (χ2v) is 9.34. The number of nitrogens with zero attached hydrogens (tertiary/aromatic N) is 7. The van der Waals surface area contributed by atoms with E-state index >= 15 is 0 Å². The van der Waals surface area contributed by atoms with Crippen LogP contribution in [0.25, 0.3) is 28.3 Å². The Morgan fingerprint density at radius 1 is 0.971 bits per heavy atom. The van der Waals surface area contributed by atoms with Crippen molar-refractivity contribution in [2.45, 2.75) is 26.2 Å². The van der Waals surface area contributed by atoms with Gasteiger partial charge in [-0.25, -0.2) is 9.69 Å². The summed E-state index contributed by atoms with van der Waals surface area (Å²) in [6.45, 7) is 3.56. The lowest BCUT2D eigenvalue weighted by molar-refractivity contribution is 0.0743. The monoisotopic (exact) mass is 510 g/mol. The van der Waals surface area contributed by atoms with Crippen molar-refractivity contribution in [2.75, 3.05) is 13.1 Å². The summed E-state index contributed by atoms with van der Waals surface area (Å²) < 4.78 is 1.70. The van der Waals surface area contributed by atoms with Crippen molar-refractivity contribution in [3.05, 3.63) is 63.8 Å². The fourth-order valence-electron chi connectivity index (χ4n) is 4.26. The minimum Gasteiger partial charge on any atom is -0.283 e. The van der Waals surface area contributed by atoms with E-state index in [0.717, 1.165) is 48.3 Å². The summed E-state index contributed by atoms with van der Waals surface area (Å²) in [6, 6.07) is 12.9. The van der Waals surface area contributed by atoms with Gasteiger partial charge < -0.3 is 0 Å². The van der Waals surface area contributed by atoms with Crippen molar-refractivity contribution in [3.63, 3.8) is 0 Å². The highest BCUT2D eigenvalue weighted by molar-refractivity contribution is 6.35. The second-order valence-electron chi connectivity index (χ2n) is 8.50. The molecule has 11 heteroatoms. The van der Waals surface area contributed by atoms with Gasteiger partial charge in [-0.05, 0) is 43.2 Å². The number of hydrogen-bond donors (Lipinski definition) is 1. The molecule has 0 saturated carbocycles. The quantitative estimate of drug-likeness (QED) is 0.425. The Labute approximate surface area is 212 Å². The molecule has 4 aromatic rings. The number of piperidine rings is 1. The van der Waals surface area contributed by atoms with Crippen LogP contribution in [-0.2, 0) is 7.05 Å². The minimum absolute atomic E-state index is 0.241. The SMILES string of the molecule is Cc1c(C(=O)NN2CCCCC2)nn(-c2ccc(Cl)cc2Cl)c1-c1ccc(-c2nnn(C)n2)cc1. The number of rotatable bonds is 5.